The Morgan fingerprint density at radius 2 is 1.58 bits per heavy atom. The molecule has 238 valence electrons. The fourth-order valence-electron chi connectivity index (χ4n) is 7.00. The molecular formula is C37H44N2O6. The van der Waals surface area contributed by atoms with Gasteiger partial charge in [0.1, 0.15) is 11.4 Å². The number of aryl methyl sites for hydroxylation is 1. The smallest absolute Gasteiger partial charge is 0.289 e. The second-order valence-corrected chi connectivity index (χ2v) is 12.9. The first-order chi connectivity index (χ1) is 21.8. The fourth-order valence-corrected chi connectivity index (χ4v) is 7.00. The second kappa shape index (κ2) is 15.3. The van der Waals surface area contributed by atoms with Gasteiger partial charge in [-0.2, -0.15) is 0 Å². The van der Waals surface area contributed by atoms with Crippen molar-refractivity contribution in [1.29, 1.82) is 0 Å². The molecule has 3 atom stereocenters. The molecule has 8 nitrogen and oxygen atoms in total. The first-order valence-corrected chi connectivity index (χ1v) is 16.5. The van der Waals surface area contributed by atoms with Crippen LogP contribution < -0.4 is 10.6 Å². The summed E-state index contributed by atoms with van der Waals surface area (Å²) in [6, 6.07) is 15.6. The number of ketones is 3. The molecule has 1 heterocycles. The number of amides is 2. The Bertz CT molecular complexity index is 1520. The van der Waals surface area contributed by atoms with Gasteiger partial charge in [-0.3, -0.25) is 24.0 Å². The molecule has 0 saturated heterocycles. The normalized spacial score (nSPS) is 18.7. The van der Waals surface area contributed by atoms with E-state index >= 15 is 0 Å². The zero-order valence-electron chi connectivity index (χ0n) is 26.1. The first-order valence-electron chi connectivity index (χ1n) is 16.5. The van der Waals surface area contributed by atoms with Gasteiger partial charge in [-0.25, -0.2) is 0 Å². The summed E-state index contributed by atoms with van der Waals surface area (Å²) in [5.41, 5.74) is 2.20. The molecule has 5 rings (SSSR count). The number of carbonyl (C=O) groups excluding carboxylic acids is 5. The van der Waals surface area contributed by atoms with Crippen molar-refractivity contribution in [1.82, 2.24) is 10.6 Å². The molecule has 1 aromatic heterocycles. The van der Waals surface area contributed by atoms with Crippen molar-refractivity contribution in [2.45, 2.75) is 96.6 Å². The molecule has 2 N–H and O–H groups in total. The van der Waals surface area contributed by atoms with E-state index in [2.05, 4.69) is 10.6 Å². The van der Waals surface area contributed by atoms with Crippen LogP contribution in [0.15, 0.2) is 59.0 Å². The van der Waals surface area contributed by atoms with Crippen molar-refractivity contribution in [2.75, 3.05) is 0 Å². The van der Waals surface area contributed by atoms with Crippen LogP contribution in [0.3, 0.4) is 0 Å². The highest BCUT2D eigenvalue weighted by Crippen LogP contribution is 2.33. The molecule has 0 bridgehead atoms. The predicted molar refractivity (Wildman–Crippen MR) is 171 cm³/mol. The Morgan fingerprint density at radius 1 is 0.867 bits per heavy atom. The van der Waals surface area contributed by atoms with Crippen LogP contribution in [0.4, 0.5) is 0 Å². The maximum absolute atomic E-state index is 14.0. The van der Waals surface area contributed by atoms with Crippen LogP contribution >= 0.6 is 0 Å². The molecule has 2 aromatic carbocycles. The predicted octanol–water partition coefficient (Wildman–Crippen LogP) is 6.42. The number of hydrogen-bond acceptors (Lipinski definition) is 6. The van der Waals surface area contributed by atoms with Gasteiger partial charge in [-0.1, -0.05) is 87.1 Å². The number of hydrogen-bond donors (Lipinski definition) is 2. The van der Waals surface area contributed by atoms with Crippen molar-refractivity contribution in [3.63, 3.8) is 0 Å². The topological polar surface area (TPSA) is 123 Å². The second-order valence-electron chi connectivity index (χ2n) is 12.9. The minimum Gasteiger partial charge on any atom is -0.453 e. The number of nitrogens with one attached hydrogen (secondary N) is 2. The number of furan rings is 1. The molecule has 3 aromatic rings. The molecule has 1 unspecified atom stereocenters. The minimum atomic E-state index is -1.16. The molecule has 0 spiro atoms. The highest BCUT2D eigenvalue weighted by molar-refractivity contribution is 6.38. The van der Waals surface area contributed by atoms with Gasteiger partial charge in [0, 0.05) is 42.2 Å². The molecule has 45 heavy (non-hydrogen) atoms. The Morgan fingerprint density at radius 3 is 2.31 bits per heavy atom. The maximum atomic E-state index is 14.0. The van der Waals surface area contributed by atoms with Crippen LogP contribution in [0.1, 0.15) is 98.7 Å². The lowest BCUT2D eigenvalue weighted by Gasteiger charge is -2.29. The van der Waals surface area contributed by atoms with E-state index in [1.807, 2.05) is 61.5 Å². The largest absolute Gasteiger partial charge is 0.453 e. The Kier molecular flexibility index (Phi) is 11.0. The average Bonchev–Trinajstić information content (AvgIpc) is 3.40. The van der Waals surface area contributed by atoms with Crippen LogP contribution in [0, 0.1) is 24.7 Å². The third-order valence-corrected chi connectivity index (χ3v) is 9.60. The third-order valence-electron chi connectivity index (χ3n) is 9.60. The number of fused-ring (bicyclic) bond motifs is 1. The number of benzene rings is 2. The van der Waals surface area contributed by atoms with Crippen molar-refractivity contribution < 1.29 is 28.4 Å². The van der Waals surface area contributed by atoms with Gasteiger partial charge in [-0.15, -0.1) is 0 Å². The summed E-state index contributed by atoms with van der Waals surface area (Å²) >= 11 is 0. The molecule has 2 aliphatic rings. The molecule has 2 saturated carbocycles. The Labute approximate surface area is 264 Å². The highest BCUT2D eigenvalue weighted by Gasteiger charge is 2.36. The van der Waals surface area contributed by atoms with Crippen LogP contribution in [0.25, 0.3) is 11.0 Å². The number of Topliss-reactive ketones (excluding diaryl/α,β-unsaturated/α-hetero) is 3. The van der Waals surface area contributed by atoms with Crippen molar-refractivity contribution in [3.05, 3.63) is 71.5 Å². The molecule has 0 aliphatic heterocycles. The summed E-state index contributed by atoms with van der Waals surface area (Å²) in [7, 11) is 0. The fraction of sp³-hybridized carbons (Fsp3) is 0.486. The quantitative estimate of drug-likeness (QED) is 0.170. The highest BCUT2D eigenvalue weighted by atomic mass is 16.3. The van der Waals surface area contributed by atoms with E-state index in [1.165, 1.54) is 0 Å². The van der Waals surface area contributed by atoms with E-state index in [4.69, 9.17) is 4.42 Å². The van der Waals surface area contributed by atoms with Gasteiger partial charge in [0.15, 0.2) is 11.5 Å². The number of carbonyl (C=O) groups is 5. The lowest BCUT2D eigenvalue weighted by molar-refractivity contribution is -0.141. The van der Waals surface area contributed by atoms with E-state index in [-0.39, 0.29) is 36.7 Å². The minimum absolute atomic E-state index is 0.0623. The Balaban J connectivity index is 1.35. The number of rotatable bonds is 13. The molecule has 2 amide bonds. The summed E-state index contributed by atoms with van der Waals surface area (Å²) in [4.78, 5) is 67.0. The SMILES string of the molecule is Cc1c(C(=O)CC(CC2CCCCC2)C(=O)N[C@@H](C[C@@H]2CCCCC2=O)C(=O)C(=O)NCc2ccccc2)oc2ccccc12. The molecule has 8 heteroatoms. The van der Waals surface area contributed by atoms with E-state index < -0.39 is 35.5 Å². The van der Waals surface area contributed by atoms with E-state index in [1.54, 1.807) is 0 Å². The third kappa shape index (κ3) is 8.35. The summed E-state index contributed by atoms with van der Waals surface area (Å²) in [6.45, 7) is 2.02. The first kappa shape index (κ1) is 32.3. The number of para-hydroxylation sites is 1. The lowest BCUT2D eigenvalue weighted by atomic mass is 9.80. The standard InChI is InChI=1S/C37H44N2O6/c1-24-29-17-9-11-19-33(29)45-35(24)32(41)22-28(20-25-12-4-2-5-13-25)36(43)39-30(21-27-16-8-10-18-31(27)40)34(42)37(44)38-23-26-14-6-3-7-15-26/h3,6-7,9,11,14-15,17,19,25,27-28,30H,2,4-5,8,10,12-13,16,18,20-23H2,1H3,(H,38,44)(H,39,43)/t27-,28?,30-/m0/s1. The summed E-state index contributed by atoms with van der Waals surface area (Å²) in [5.74, 6) is -2.75. The molecule has 0 radical (unpaired) electrons. The van der Waals surface area contributed by atoms with Crippen LogP contribution in [0.2, 0.25) is 0 Å². The average molecular weight is 613 g/mol. The van der Waals surface area contributed by atoms with Gasteiger partial charge in [-0.05, 0) is 50.2 Å². The van der Waals surface area contributed by atoms with Crippen molar-refractivity contribution in [3.8, 4) is 0 Å². The summed E-state index contributed by atoms with van der Waals surface area (Å²) < 4.78 is 5.93. The van der Waals surface area contributed by atoms with Gasteiger partial charge < -0.3 is 15.1 Å². The summed E-state index contributed by atoms with van der Waals surface area (Å²) in [5, 5.41) is 6.40. The Hall–Kier alpha value is -4.07. The molecule has 2 aliphatic carbocycles. The lowest BCUT2D eigenvalue weighted by Crippen LogP contribution is -2.50. The van der Waals surface area contributed by atoms with Crippen molar-refractivity contribution >= 4 is 40.1 Å². The monoisotopic (exact) mass is 612 g/mol. The maximum Gasteiger partial charge on any atom is 0.289 e. The molecular weight excluding hydrogens is 568 g/mol. The van der Waals surface area contributed by atoms with Crippen LogP contribution in [-0.4, -0.2) is 35.2 Å². The van der Waals surface area contributed by atoms with Gasteiger partial charge in [0.25, 0.3) is 5.91 Å². The molecule has 2 fully saturated rings. The zero-order chi connectivity index (χ0) is 31.8. The van der Waals surface area contributed by atoms with Crippen LogP contribution in [0.5, 0.6) is 0 Å². The van der Waals surface area contributed by atoms with E-state index in [0.717, 1.165) is 61.5 Å². The van der Waals surface area contributed by atoms with E-state index in [0.29, 0.717) is 30.8 Å². The van der Waals surface area contributed by atoms with Crippen molar-refractivity contribution in [2.24, 2.45) is 17.8 Å². The van der Waals surface area contributed by atoms with Gasteiger partial charge >= 0.3 is 0 Å². The summed E-state index contributed by atoms with van der Waals surface area (Å²) in [6.07, 6.45) is 8.58. The van der Waals surface area contributed by atoms with Gasteiger partial charge in [0.05, 0.1) is 6.04 Å². The van der Waals surface area contributed by atoms with Gasteiger partial charge in [0.2, 0.25) is 11.7 Å². The zero-order valence-corrected chi connectivity index (χ0v) is 26.1. The van der Waals surface area contributed by atoms with E-state index in [9.17, 15) is 24.0 Å². The van der Waals surface area contributed by atoms with Crippen LogP contribution in [-0.2, 0) is 25.7 Å².